The minimum absolute atomic E-state index is 0.110. The number of anilines is 3. The summed E-state index contributed by atoms with van der Waals surface area (Å²) in [4.78, 5) is 17.9. The van der Waals surface area contributed by atoms with Crippen LogP contribution in [0.3, 0.4) is 0 Å². The zero-order valence-electron chi connectivity index (χ0n) is 23.3. The van der Waals surface area contributed by atoms with Crippen LogP contribution in [0.2, 0.25) is 0 Å². The highest BCUT2D eigenvalue weighted by atomic mass is 16.2. The normalized spacial score (nSPS) is 12.1. The smallest absolute Gasteiger partial charge is 0.326 e. The van der Waals surface area contributed by atoms with Crippen LogP contribution in [0.15, 0.2) is 66.7 Å². The van der Waals surface area contributed by atoms with Gasteiger partial charge in [0.15, 0.2) is 0 Å². The van der Waals surface area contributed by atoms with Gasteiger partial charge in [0.25, 0.3) is 0 Å². The lowest BCUT2D eigenvalue weighted by Crippen LogP contribution is -2.35. The van der Waals surface area contributed by atoms with Crippen molar-refractivity contribution in [1.29, 1.82) is 0 Å². The van der Waals surface area contributed by atoms with Gasteiger partial charge in [-0.05, 0) is 70.7 Å². The largest absolute Gasteiger partial charge is 0.378 e. The van der Waals surface area contributed by atoms with Gasteiger partial charge in [-0.25, -0.2) is 4.79 Å². The predicted molar refractivity (Wildman–Crippen MR) is 156 cm³/mol. The lowest BCUT2D eigenvalue weighted by molar-refractivity contribution is 0.256. The van der Waals surface area contributed by atoms with E-state index >= 15 is 0 Å². The molecule has 0 saturated heterocycles. The van der Waals surface area contributed by atoms with E-state index in [0.717, 1.165) is 29.0 Å². The van der Waals surface area contributed by atoms with E-state index in [-0.39, 0.29) is 6.03 Å². The van der Waals surface area contributed by atoms with Crippen LogP contribution in [0.1, 0.15) is 88.0 Å². The lowest BCUT2D eigenvalue weighted by Gasteiger charge is -2.27. The zero-order chi connectivity index (χ0) is 26.4. The molecule has 1 N–H and O–H groups in total. The van der Waals surface area contributed by atoms with Crippen molar-refractivity contribution in [1.82, 2.24) is 0 Å². The second-order valence-corrected chi connectivity index (χ2v) is 10.6. The van der Waals surface area contributed by atoms with Gasteiger partial charge in [0, 0.05) is 31.2 Å². The molecule has 1 unspecified atom stereocenters. The van der Waals surface area contributed by atoms with E-state index in [0.29, 0.717) is 24.3 Å². The molecule has 3 aromatic rings. The molecule has 1 atom stereocenters. The maximum atomic E-state index is 14.0. The minimum atomic E-state index is -0.110. The van der Waals surface area contributed by atoms with Crippen molar-refractivity contribution in [3.05, 3.63) is 89.0 Å². The molecule has 0 fully saturated rings. The molecular formula is C32H43N3O. The Kier molecular flexibility index (Phi) is 9.19. The Morgan fingerprint density at radius 3 is 1.89 bits per heavy atom. The predicted octanol–water partition coefficient (Wildman–Crippen LogP) is 8.75. The molecule has 3 rings (SSSR count). The SMILES string of the molecule is CCC(C)c1cccc(C(C)C)c1NC(=O)N(Cc1ccc(N(C)C)cc1)c1ccc(C(C)C)cc1. The molecule has 192 valence electrons. The van der Waals surface area contributed by atoms with Crippen molar-refractivity contribution < 1.29 is 4.79 Å². The van der Waals surface area contributed by atoms with E-state index in [9.17, 15) is 4.79 Å². The van der Waals surface area contributed by atoms with E-state index in [1.54, 1.807) is 0 Å². The number of rotatable bonds is 9. The topological polar surface area (TPSA) is 35.6 Å². The average Bonchev–Trinajstić information content (AvgIpc) is 2.87. The maximum absolute atomic E-state index is 14.0. The first-order valence-electron chi connectivity index (χ1n) is 13.2. The number of para-hydroxylation sites is 1. The Morgan fingerprint density at radius 1 is 0.778 bits per heavy atom. The monoisotopic (exact) mass is 485 g/mol. The van der Waals surface area contributed by atoms with Gasteiger partial charge in [-0.15, -0.1) is 0 Å². The Labute approximate surface area is 218 Å². The van der Waals surface area contributed by atoms with Crippen LogP contribution in [-0.4, -0.2) is 20.1 Å². The van der Waals surface area contributed by atoms with Crippen LogP contribution in [0.25, 0.3) is 0 Å². The second kappa shape index (κ2) is 12.1. The standard InChI is InChI=1S/C32H43N3O/c1-9-24(6)30-12-10-11-29(23(4)5)31(30)33-32(36)35(28-19-15-26(16-20-28)22(2)3)21-25-13-17-27(18-14-25)34(7)8/h10-20,22-24H,9,21H2,1-8H3,(H,33,36). The van der Waals surface area contributed by atoms with Crippen LogP contribution >= 0.6 is 0 Å². The van der Waals surface area contributed by atoms with Gasteiger partial charge in [-0.1, -0.05) is 84.0 Å². The van der Waals surface area contributed by atoms with Crippen LogP contribution in [-0.2, 0) is 6.54 Å². The van der Waals surface area contributed by atoms with Crippen molar-refractivity contribution in [3.63, 3.8) is 0 Å². The molecule has 0 heterocycles. The summed E-state index contributed by atoms with van der Waals surface area (Å²) in [5, 5.41) is 3.34. The Bertz CT molecular complexity index is 1130. The van der Waals surface area contributed by atoms with Gasteiger partial charge in [0.05, 0.1) is 6.54 Å². The number of hydrogen-bond donors (Lipinski definition) is 1. The molecule has 0 aromatic heterocycles. The molecule has 4 heteroatoms. The third-order valence-corrected chi connectivity index (χ3v) is 7.04. The molecule has 0 bridgehead atoms. The summed E-state index contributed by atoms with van der Waals surface area (Å²) in [6, 6.07) is 23.1. The van der Waals surface area contributed by atoms with E-state index in [1.165, 1.54) is 16.7 Å². The Morgan fingerprint density at radius 2 is 1.36 bits per heavy atom. The van der Waals surface area contributed by atoms with E-state index in [4.69, 9.17) is 0 Å². The fourth-order valence-electron chi connectivity index (χ4n) is 4.42. The number of amides is 2. The molecule has 2 amide bonds. The molecule has 0 aliphatic carbocycles. The summed E-state index contributed by atoms with van der Waals surface area (Å²) in [6.07, 6.45) is 1.02. The Hall–Kier alpha value is -3.27. The molecule has 0 saturated carbocycles. The first kappa shape index (κ1) is 27.3. The fraction of sp³-hybridized carbons (Fsp3) is 0.406. The number of carbonyl (C=O) groups is 1. The highest BCUT2D eigenvalue weighted by molar-refractivity contribution is 6.02. The van der Waals surface area contributed by atoms with E-state index in [2.05, 4.69) is 118 Å². The number of nitrogens with zero attached hydrogens (tertiary/aromatic N) is 2. The molecule has 0 radical (unpaired) electrons. The molecule has 0 aliphatic heterocycles. The average molecular weight is 486 g/mol. The van der Waals surface area contributed by atoms with Gasteiger partial charge in [0.2, 0.25) is 0 Å². The second-order valence-electron chi connectivity index (χ2n) is 10.6. The minimum Gasteiger partial charge on any atom is -0.378 e. The van der Waals surface area contributed by atoms with Crippen molar-refractivity contribution >= 4 is 23.1 Å². The van der Waals surface area contributed by atoms with Gasteiger partial charge in [-0.3, -0.25) is 4.90 Å². The third-order valence-electron chi connectivity index (χ3n) is 7.04. The number of hydrogen-bond acceptors (Lipinski definition) is 2. The van der Waals surface area contributed by atoms with Crippen molar-refractivity contribution in [3.8, 4) is 0 Å². The first-order chi connectivity index (χ1) is 17.1. The summed E-state index contributed by atoms with van der Waals surface area (Å²) in [6.45, 7) is 13.6. The van der Waals surface area contributed by atoms with Crippen LogP contribution in [0.4, 0.5) is 21.9 Å². The van der Waals surface area contributed by atoms with E-state index in [1.807, 2.05) is 19.0 Å². The van der Waals surface area contributed by atoms with Crippen molar-refractivity contribution in [2.75, 3.05) is 29.2 Å². The van der Waals surface area contributed by atoms with Gasteiger partial charge >= 0.3 is 6.03 Å². The molecule has 3 aromatic carbocycles. The highest BCUT2D eigenvalue weighted by Gasteiger charge is 2.22. The van der Waals surface area contributed by atoms with Gasteiger partial charge < -0.3 is 10.2 Å². The lowest BCUT2D eigenvalue weighted by atomic mass is 9.90. The fourth-order valence-corrected chi connectivity index (χ4v) is 4.42. The van der Waals surface area contributed by atoms with Crippen molar-refractivity contribution in [2.45, 2.75) is 72.3 Å². The quantitative estimate of drug-likeness (QED) is 0.329. The first-order valence-corrected chi connectivity index (χ1v) is 13.2. The molecule has 36 heavy (non-hydrogen) atoms. The highest BCUT2D eigenvalue weighted by Crippen LogP contribution is 2.34. The number of nitrogens with one attached hydrogen (secondary N) is 1. The Balaban J connectivity index is 2.01. The summed E-state index contributed by atoms with van der Waals surface area (Å²) in [5.74, 6) is 1.11. The summed E-state index contributed by atoms with van der Waals surface area (Å²) in [5.41, 5.74) is 7.70. The van der Waals surface area contributed by atoms with Crippen LogP contribution in [0.5, 0.6) is 0 Å². The zero-order valence-corrected chi connectivity index (χ0v) is 23.3. The summed E-state index contributed by atoms with van der Waals surface area (Å²) in [7, 11) is 4.07. The van der Waals surface area contributed by atoms with Crippen LogP contribution < -0.4 is 15.1 Å². The number of urea groups is 1. The van der Waals surface area contributed by atoms with E-state index < -0.39 is 0 Å². The molecule has 0 spiro atoms. The van der Waals surface area contributed by atoms with Gasteiger partial charge in [0.1, 0.15) is 0 Å². The molecule has 4 nitrogen and oxygen atoms in total. The number of benzene rings is 3. The molecule has 0 aliphatic rings. The summed E-state index contributed by atoms with van der Waals surface area (Å²) < 4.78 is 0. The van der Waals surface area contributed by atoms with Crippen molar-refractivity contribution in [2.24, 2.45) is 0 Å². The maximum Gasteiger partial charge on any atom is 0.326 e. The van der Waals surface area contributed by atoms with Crippen LogP contribution in [0, 0.1) is 0 Å². The third kappa shape index (κ3) is 6.48. The summed E-state index contributed by atoms with van der Waals surface area (Å²) >= 11 is 0. The number of carbonyl (C=O) groups excluding carboxylic acids is 1. The molecular weight excluding hydrogens is 442 g/mol. The van der Waals surface area contributed by atoms with Gasteiger partial charge in [-0.2, -0.15) is 0 Å².